The van der Waals surface area contributed by atoms with Crippen LogP contribution in [0.15, 0.2) is 179 Å². The van der Waals surface area contributed by atoms with E-state index in [1.807, 2.05) is 54.6 Å². The molecular weight excluding hydrogens is 865 g/mol. The average molecular weight is 903 g/mol. The van der Waals surface area contributed by atoms with Crippen molar-refractivity contribution >= 4 is 57.4 Å². The van der Waals surface area contributed by atoms with Crippen molar-refractivity contribution in [1.29, 1.82) is 0 Å². The summed E-state index contributed by atoms with van der Waals surface area (Å²) >= 11 is 0. The summed E-state index contributed by atoms with van der Waals surface area (Å²) in [4.78, 5) is 9.81. The molecule has 1 aliphatic rings. The quantitative estimate of drug-likeness (QED) is 0.127. The Kier molecular flexibility index (Phi) is 10.0. The van der Waals surface area contributed by atoms with Crippen molar-refractivity contribution in [2.45, 2.75) is 25.6 Å². The molecule has 1 radical (unpaired) electrons. The van der Waals surface area contributed by atoms with Crippen LogP contribution in [0.25, 0.3) is 55.1 Å². The summed E-state index contributed by atoms with van der Waals surface area (Å²) in [5.41, 5.74) is 11.8. The van der Waals surface area contributed by atoms with Gasteiger partial charge in [0.1, 0.15) is 5.58 Å². The number of furan rings is 1. The summed E-state index contributed by atoms with van der Waals surface area (Å²) < 4.78 is 6.27. The maximum Gasteiger partial charge on any atom is 0.120 e. The van der Waals surface area contributed by atoms with E-state index in [2.05, 4.69) is 147 Å². The van der Waals surface area contributed by atoms with Crippen LogP contribution in [-0.4, -0.2) is 18.8 Å². The molecule has 9 aromatic rings. The summed E-state index contributed by atoms with van der Waals surface area (Å²) in [5.74, 6) is 0.0764. The van der Waals surface area contributed by atoms with Gasteiger partial charge >= 0.3 is 0 Å². The summed E-state index contributed by atoms with van der Waals surface area (Å²) in [6.45, 7) is 7.15. The number of rotatable bonds is 5. The molecule has 1 atom stereocenters. The molecule has 55 heavy (non-hydrogen) atoms. The van der Waals surface area contributed by atoms with Crippen molar-refractivity contribution in [1.82, 2.24) is 4.98 Å². The van der Waals surface area contributed by atoms with Gasteiger partial charge in [-0.05, 0) is 61.8 Å². The van der Waals surface area contributed by atoms with E-state index in [0.717, 1.165) is 50.2 Å². The second-order valence-corrected chi connectivity index (χ2v) is 19.8. The third kappa shape index (κ3) is 6.92. The van der Waals surface area contributed by atoms with Gasteiger partial charge in [0, 0.05) is 37.6 Å². The van der Waals surface area contributed by atoms with Crippen molar-refractivity contribution in [3.63, 3.8) is 0 Å². The minimum Gasteiger partial charge on any atom is -0.501 e. The molecule has 0 N–H and O–H groups in total. The minimum absolute atomic E-state index is 0. The topological polar surface area (TPSA) is 38.4 Å². The predicted molar refractivity (Wildman–Crippen MR) is 228 cm³/mol. The number of aromatic nitrogens is 1. The molecule has 1 unspecified atom stereocenters. The molecule has 0 amide bonds. The first-order chi connectivity index (χ1) is 26.4. The molecule has 0 fully saturated rings. The number of hydrogen-bond acceptors (Lipinski definition) is 3. The molecular formula is C50H38IrN2OSi-2. The fraction of sp³-hybridized carbons (Fsp3) is 0.0800. The second-order valence-electron chi connectivity index (χ2n) is 14.8. The van der Waals surface area contributed by atoms with Crippen LogP contribution in [0.1, 0.15) is 22.6 Å². The van der Waals surface area contributed by atoms with Crippen molar-refractivity contribution in [2.24, 2.45) is 4.99 Å². The van der Waals surface area contributed by atoms with Gasteiger partial charge in [0.2, 0.25) is 0 Å². The van der Waals surface area contributed by atoms with Crippen LogP contribution in [0.5, 0.6) is 0 Å². The molecule has 3 nitrogen and oxygen atoms in total. The number of aliphatic imine (C=N–C) groups is 1. The maximum absolute atomic E-state index is 6.27. The molecule has 269 valence electrons. The fourth-order valence-electron chi connectivity index (χ4n) is 7.68. The SMILES string of the molecule is C[Si](C)(C)c1cnc(-c2[c-]cccc2)cc1-c1cccc2ccccc12.[Ir].[c-]1ccc2c(oc3ccccc32)c1C1=Nc2ccccc2C1c1ccccc1. The third-order valence-electron chi connectivity index (χ3n) is 10.3. The van der Waals surface area contributed by atoms with Crippen LogP contribution in [0, 0.1) is 12.1 Å². The fourth-order valence-corrected chi connectivity index (χ4v) is 9.14. The van der Waals surface area contributed by atoms with E-state index < -0.39 is 8.07 Å². The van der Waals surface area contributed by atoms with Crippen LogP contribution in [0.2, 0.25) is 19.6 Å². The first kappa shape index (κ1) is 36.3. The Hall–Kier alpha value is -5.71. The number of benzene rings is 7. The van der Waals surface area contributed by atoms with Crippen molar-refractivity contribution < 1.29 is 24.5 Å². The molecule has 1 aliphatic heterocycles. The summed E-state index contributed by atoms with van der Waals surface area (Å²) in [5, 5.41) is 6.20. The summed E-state index contributed by atoms with van der Waals surface area (Å²) in [6, 6.07) is 63.4. The minimum atomic E-state index is -1.54. The van der Waals surface area contributed by atoms with Crippen LogP contribution >= 0.6 is 0 Å². The Morgan fingerprint density at radius 1 is 0.618 bits per heavy atom. The van der Waals surface area contributed by atoms with Crippen LogP contribution < -0.4 is 5.19 Å². The van der Waals surface area contributed by atoms with Crippen molar-refractivity contribution in [2.75, 3.05) is 0 Å². The molecule has 5 heteroatoms. The first-order valence-electron chi connectivity index (χ1n) is 18.4. The monoisotopic (exact) mass is 903 g/mol. The molecule has 0 bridgehead atoms. The van der Waals surface area contributed by atoms with Gasteiger partial charge in [-0.2, -0.15) is 0 Å². The van der Waals surface area contributed by atoms with E-state index in [1.54, 1.807) is 0 Å². The van der Waals surface area contributed by atoms with E-state index in [9.17, 15) is 0 Å². The summed E-state index contributed by atoms with van der Waals surface area (Å²) in [6.07, 6.45) is 2.10. The van der Waals surface area contributed by atoms with Gasteiger partial charge < -0.3 is 9.40 Å². The molecule has 10 rings (SSSR count). The molecule has 2 aromatic heterocycles. The molecule has 7 aromatic carbocycles. The van der Waals surface area contributed by atoms with Crippen LogP contribution in [0.4, 0.5) is 5.69 Å². The van der Waals surface area contributed by atoms with Gasteiger partial charge in [-0.25, -0.2) is 0 Å². The number of nitrogens with zero attached hydrogens (tertiary/aromatic N) is 2. The Morgan fingerprint density at radius 3 is 2.16 bits per heavy atom. The normalized spacial score (nSPS) is 13.5. The van der Waals surface area contributed by atoms with Gasteiger partial charge in [-0.15, -0.1) is 54.1 Å². The Labute approximate surface area is 336 Å². The maximum atomic E-state index is 6.27. The van der Waals surface area contributed by atoms with Gasteiger partial charge in [-0.3, -0.25) is 4.99 Å². The molecule has 3 heterocycles. The van der Waals surface area contributed by atoms with Crippen molar-refractivity contribution in [3.05, 3.63) is 199 Å². The zero-order chi connectivity index (χ0) is 36.6. The number of fused-ring (bicyclic) bond motifs is 5. The van der Waals surface area contributed by atoms with Gasteiger partial charge in [-0.1, -0.05) is 146 Å². The smallest absolute Gasteiger partial charge is 0.120 e. The number of para-hydroxylation sites is 2. The van der Waals surface area contributed by atoms with E-state index >= 15 is 0 Å². The largest absolute Gasteiger partial charge is 0.501 e. The Morgan fingerprint density at radius 2 is 1.35 bits per heavy atom. The van der Waals surface area contributed by atoms with Crippen molar-refractivity contribution in [3.8, 4) is 22.4 Å². The first-order valence-corrected chi connectivity index (χ1v) is 21.9. The van der Waals surface area contributed by atoms with Gasteiger partial charge in [0.15, 0.2) is 0 Å². The number of hydrogen-bond donors (Lipinski definition) is 0. The van der Waals surface area contributed by atoms with E-state index in [-0.39, 0.29) is 26.0 Å². The van der Waals surface area contributed by atoms with Crippen LogP contribution in [-0.2, 0) is 20.1 Å². The standard InChI is InChI=1S/C26H16NO.C24H22NSi.Ir/c1-2-9-17(10-3-1)24-20-12-4-6-15-22(20)27-25(24)21-14-8-13-19-18-11-5-7-16-23(18)28-26(19)21;1-26(2,3)24-17-25-23(19-11-5-4-6-12-19)16-22(24)21-15-9-13-18-10-7-8-14-20(18)21;/h1-13,15-16,24H;4-11,13-17H,1-3H3;/q2*-1;. The predicted octanol–water partition coefficient (Wildman–Crippen LogP) is 12.6. The van der Waals surface area contributed by atoms with Gasteiger partial charge in [0.05, 0.1) is 19.3 Å². The average Bonchev–Trinajstić information content (AvgIpc) is 3.80. The zero-order valence-corrected chi connectivity index (χ0v) is 34.3. The second kappa shape index (κ2) is 15.2. The number of pyridine rings is 1. The third-order valence-corrected chi connectivity index (χ3v) is 12.3. The summed E-state index contributed by atoms with van der Waals surface area (Å²) in [7, 11) is -1.54. The Balaban J connectivity index is 0.000000153. The molecule has 0 saturated heterocycles. The molecule has 0 spiro atoms. The zero-order valence-electron chi connectivity index (χ0n) is 30.9. The van der Waals surface area contributed by atoms with Crippen LogP contribution in [0.3, 0.4) is 0 Å². The van der Waals surface area contributed by atoms with E-state index in [0.29, 0.717) is 0 Å². The van der Waals surface area contributed by atoms with E-state index in [1.165, 1.54) is 38.2 Å². The molecule has 0 saturated carbocycles. The molecule has 0 aliphatic carbocycles. The van der Waals surface area contributed by atoms with Gasteiger partial charge in [0.25, 0.3) is 0 Å². The van der Waals surface area contributed by atoms with E-state index in [4.69, 9.17) is 14.4 Å². The Bertz CT molecular complexity index is 2820.